The molecule has 150 valence electrons. The summed E-state index contributed by atoms with van der Waals surface area (Å²) < 4.78 is 11.1. The normalized spacial score (nSPS) is 14.2. The van der Waals surface area contributed by atoms with E-state index in [4.69, 9.17) is 4.74 Å². The molecule has 0 spiro atoms. The van der Waals surface area contributed by atoms with E-state index >= 15 is 0 Å². The molecule has 0 heterocycles. The van der Waals surface area contributed by atoms with Gasteiger partial charge in [0.2, 0.25) is 0 Å². The Morgan fingerprint density at radius 3 is 1.73 bits per heavy atom. The van der Waals surface area contributed by atoms with Gasteiger partial charge in [-0.3, -0.25) is 0 Å². The van der Waals surface area contributed by atoms with Crippen molar-refractivity contribution in [2.24, 2.45) is 5.92 Å². The van der Waals surface area contributed by atoms with E-state index in [-0.39, 0.29) is 6.10 Å². The maximum atomic E-state index is 11.0. The van der Waals surface area contributed by atoms with Crippen molar-refractivity contribution >= 4 is 18.4 Å². The van der Waals surface area contributed by atoms with Gasteiger partial charge >= 0.3 is 167 Å². The van der Waals surface area contributed by atoms with Gasteiger partial charge in [-0.1, -0.05) is 0 Å². The van der Waals surface area contributed by atoms with Gasteiger partial charge in [0.25, 0.3) is 0 Å². The van der Waals surface area contributed by atoms with Crippen LogP contribution in [-0.4, -0.2) is 30.6 Å². The Kier molecular flexibility index (Phi) is 11.9. The van der Waals surface area contributed by atoms with Crippen molar-refractivity contribution in [1.82, 2.24) is 0 Å². The van der Waals surface area contributed by atoms with Crippen LogP contribution < -0.4 is 4.74 Å². The van der Waals surface area contributed by atoms with Crippen LogP contribution in [0.4, 0.5) is 0 Å². The molecule has 0 aliphatic rings. The van der Waals surface area contributed by atoms with Gasteiger partial charge in [0.05, 0.1) is 0 Å². The molecule has 1 aromatic carbocycles. The second-order valence-electron chi connectivity index (χ2n) is 8.21. The summed E-state index contributed by atoms with van der Waals surface area (Å²) in [7, 11) is 1.69. The fourth-order valence-corrected chi connectivity index (χ4v) is 22.1. The minimum absolute atomic E-state index is 0.345. The molecule has 0 unspecified atom stereocenters. The molecular formula is C23H42O2Sn. The van der Waals surface area contributed by atoms with Gasteiger partial charge in [0.1, 0.15) is 0 Å². The Hall–Kier alpha value is -0.221. The Balaban J connectivity index is 2.89. The molecule has 0 saturated heterocycles. The molecule has 0 bridgehead atoms. The third-order valence-corrected chi connectivity index (χ3v) is 22.4. The van der Waals surface area contributed by atoms with Crippen LogP contribution in [0.3, 0.4) is 0 Å². The summed E-state index contributed by atoms with van der Waals surface area (Å²) in [6, 6.07) is 7.99. The van der Waals surface area contributed by atoms with Crippen LogP contribution in [0, 0.1) is 5.92 Å². The molecular weight excluding hydrogens is 427 g/mol. The van der Waals surface area contributed by atoms with E-state index in [9.17, 15) is 5.11 Å². The number of aliphatic hydroxyl groups excluding tert-OH is 1. The zero-order chi connectivity index (χ0) is 19.4. The average molecular weight is 469 g/mol. The number of hydrogen-bond acceptors (Lipinski definition) is 2. The topological polar surface area (TPSA) is 29.5 Å². The predicted octanol–water partition coefficient (Wildman–Crippen LogP) is 7.21. The molecule has 26 heavy (non-hydrogen) atoms. The number of hydrogen-bond donors (Lipinski definition) is 1. The monoisotopic (exact) mass is 470 g/mol. The molecule has 0 aromatic heterocycles. The summed E-state index contributed by atoms with van der Waals surface area (Å²) in [4.78, 5) is 0. The molecule has 2 atom stereocenters. The summed E-state index contributed by atoms with van der Waals surface area (Å²) in [6.45, 7) is 9.26. The minimum atomic E-state index is -2.20. The van der Waals surface area contributed by atoms with Crippen molar-refractivity contribution < 1.29 is 9.84 Å². The zero-order valence-corrected chi connectivity index (χ0v) is 20.7. The number of aliphatic hydroxyl groups is 1. The quantitative estimate of drug-likeness (QED) is 0.292. The van der Waals surface area contributed by atoms with Crippen molar-refractivity contribution in [2.45, 2.75) is 90.1 Å². The molecule has 0 fully saturated rings. The standard InChI is InChI=1S/C11H15O2.3C4H9.Sn/c1-8(2)11(12)9-4-6-10(13-3)7-5-9;3*1-3-4-2;/h4-8,11-12H,1H2,2-3H3;3*1,3-4H2,2H3;/t8-,11-;;;;/m0..../s1. The van der Waals surface area contributed by atoms with Crippen LogP contribution in [0.1, 0.15) is 77.9 Å². The van der Waals surface area contributed by atoms with Gasteiger partial charge in [-0.05, 0) is 0 Å². The number of methoxy groups -OCH3 is 1. The Morgan fingerprint density at radius 2 is 1.35 bits per heavy atom. The van der Waals surface area contributed by atoms with Crippen LogP contribution >= 0.6 is 0 Å². The molecule has 2 nitrogen and oxygen atoms in total. The second kappa shape index (κ2) is 13.0. The van der Waals surface area contributed by atoms with Crippen molar-refractivity contribution in [3.63, 3.8) is 0 Å². The summed E-state index contributed by atoms with van der Waals surface area (Å²) in [5.74, 6) is 1.22. The predicted molar refractivity (Wildman–Crippen MR) is 117 cm³/mol. The van der Waals surface area contributed by atoms with Crippen molar-refractivity contribution in [1.29, 1.82) is 0 Å². The van der Waals surface area contributed by atoms with Gasteiger partial charge in [-0.15, -0.1) is 0 Å². The molecule has 0 aliphatic carbocycles. The van der Waals surface area contributed by atoms with Crippen LogP contribution in [0.25, 0.3) is 0 Å². The number of unbranched alkanes of at least 4 members (excludes halogenated alkanes) is 3. The Morgan fingerprint density at radius 1 is 0.885 bits per heavy atom. The van der Waals surface area contributed by atoms with Crippen LogP contribution in [0.2, 0.25) is 17.7 Å². The molecule has 3 heteroatoms. The van der Waals surface area contributed by atoms with Gasteiger partial charge in [-0.25, -0.2) is 0 Å². The average Bonchev–Trinajstić information content (AvgIpc) is 2.68. The second-order valence-corrected chi connectivity index (χ2v) is 22.2. The Labute approximate surface area is 166 Å². The first kappa shape index (κ1) is 23.8. The van der Waals surface area contributed by atoms with Crippen molar-refractivity contribution in [3.8, 4) is 5.75 Å². The number of rotatable bonds is 14. The van der Waals surface area contributed by atoms with Crippen LogP contribution in [0.15, 0.2) is 24.3 Å². The third-order valence-electron chi connectivity index (χ3n) is 5.93. The van der Waals surface area contributed by atoms with Gasteiger partial charge in [-0.2, -0.15) is 0 Å². The molecule has 0 saturated carbocycles. The first-order valence-electron chi connectivity index (χ1n) is 10.8. The number of benzene rings is 1. The van der Waals surface area contributed by atoms with E-state index in [1.54, 1.807) is 7.11 Å². The van der Waals surface area contributed by atoms with Crippen molar-refractivity contribution in [2.75, 3.05) is 7.11 Å². The van der Waals surface area contributed by atoms with E-state index < -0.39 is 18.4 Å². The third kappa shape index (κ3) is 7.80. The number of ether oxygens (including phenoxy) is 1. The van der Waals surface area contributed by atoms with Crippen LogP contribution in [0.5, 0.6) is 5.75 Å². The fraction of sp³-hybridized carbons (Fsp3) is 0.739. The molecule has 0 amide bonds. The van der Waals surface area contributed by atoms with Crippen molar-refractivity contribution in [3.05, 3.63) is 29.8 Å². The first-order valence-corrected chi connectivity index (χ1v) is 18.9. The fourth-order valence-electron chi connectivity index (χ4n) is 4.26. The Bertz CT molecular complexity index is 450. The zero-order valence-electron chi connectivity index (χ0n) is 17.9. The maximum absolute atomic E-state index is 11.0. The molecule has 1 N–H and O–H groups in total. The molecule has 0 radical (unpaired) electrons. The first-order chi connectivity index (χ1) is 12.5. The van der Waals surface area contributed by atoms with E-state index in [0.717, 1.165) is 11.3 Å². The van der Waals surface area contributed by atoms with E-state index in [0.29, 0.717) is 5.92 Å². The summed E-state index contributed by atoms with van der Waals surface area (Å²) in [5, 5.41) is 11.0. The van der Waals surface area contributed by atoms with E-state index in [1.807, 2.05) is 24.3 Å². The molecule has 1 aromatic rings. The summed E-state index contributed by atoms with van der Waals surface area (Å²) >= 11 is -2.20. The molecule has 1 rings (SSSR count). The summed E-state index contributed by atoms with van der Waals surface area (Å²) in [6.07, 6.45) is 7.78. The SMILES string of the molecule is CCC[CH2][Sn]([CH2]CCC)([CH2]CCC)[CH2][C@@H](C)[C@H](O)c1ccc(OC)cc1. The van der Waals surface area contributed by atoms with E-state index in [2.05, 4.69) is 27.7 Å². The summed E-state index contributed by atoms with van der Waals surface area (Å²) in [5.41, 5.74) is 1.04. The van der Waals surface area contributed by atoms with Gasteiger partial charge in [0, 0.05) is 0 Å². The molecule has 0 aliphatic heterocycles. The van der Waals surface area contributed by atoms with Gasteiger partial charge in [0.15, 0.2) is 0 Å². The van der Waals surface area contributed by atoms with E-state index in [1.165, 1.54) is 56.3 Å². The van der Waals surface area contributed by atoms with Gasteiger partial charge < -0.3 is 0 Å². The van der Waals surface area contributed by atoms with Crippen LogP contribution in [-0.2, 0) is 0 Å².